The number of nitrogens with zero attached hydrogens (tertiary/aromatic N) is 1. The molecule has 0 saturated heterocycles. The number of halogens is 1. The fourth-order valence-electron chi connectivity index (χ4n) is 3.08. The maximum atomic E-state index is 12.2. The number of rotatable bonds is 5. The van der Waals surface area contributed by atoms with E-state index in [0.717, 1.165) is 24.1 Å². The van der Waals surface area contributed by atoms with E-state index in [2.05, 4.69) is 21.2 Å². The summed E-state index contributed by atoms with van der Waals surface area (Å²) in [6, 6.07) is 14.8. The van der Waals surface area contributed by atoms with Gasteiger partial charge in [0, 0.05) is 22.3 Å². The van der Waals surface area contributed by atoms with Crippen LogP contribution in [-0.4, -0.2) is 23.3 Å². The number of hydrogen-bond donors (Lipinski definition) is 3. The first kappa shape index (κ1) is 20.3. The molecule has 1 saturated carbocycles. The molecule has 0 unspecified atom stereocenters. The number of benzene rings is 2. The SMILES string of the molecule is O=C(N/N=C/c1ccc(Cl)cc1)c1ccc(NC(=S)NC2CCCCC2)cc1. The van der Waals surface area contributed by atoms with Crippen LogP contribution in [0.15, 0.2) is 53.6 Å². The van der Waals surface area contributed by atoms with Crippen LogP contribution in [0.25, 0.3) is 0 Å². The lowest BCUT2D eigenvalue weighted by atomic mass is 9.96. The Kier molecular flexibility index (Phi) is 7.39. The number of nitrogens with one attached hydrogen (secondary N) is 3. The Morgan fingerprint density at radius 1 is 1.04 bits per heavy atom. The highest BCUT2D eigenvalue weighted by Crippen LogP contribution is 2.17. The highest BCUT2D eigenvalue weighted by atomic mass is 35.5. The largest absolute Gasteiger partial charge is 0.360 e. The van der Waals surface area contributed by atoms with Crippen molar-refractivity contribution in [1.29, 1.82) is 0 Å². The smallest absolute Gasteiger partial charge is 0.271 e. The molecule has 7 heteroatoms. The zero-order valence-electron chi connectivity index (χ0n) is 15.5. The number of hydrogen-bond acceptors (Lipinski definition) is 3. The fourth-order valence-corrected chi connectivity index (χ4v) is 3.49. The molecule has 0 radical (unpaired) electrons. The van der Waals surface area contributed by atoms with Crippen molar-refractivity contribution >= 4 is 46.7 Å². The number of anilines is 1. The van der Waals surface area contributed by atoms with Crippen LogP contribution in [0.5, 0.6) is 0 Å². The number of amides is 1. The first-order chi connectivity index (χ1) is 13.6. The van der Waals surface area contributed by atoms with E-state index >= 15 is 0 Å². The average molecular weight is 415 g/mol. The second kappa shape index (κ2) is 10.2. The molecule has 2 aromatic carbocycles. The monoisotopic (exact) mass is 414 g/mol. The molecule has 0 aromatic heterocycles. The average Bonchev–Trinajstić information content (AvgIpc) is 2.70. The summed E-state index contributed by atoms with van der Waals surface area (Å²) in [6.45, 7) is 0. The molecule has 3 N–H and O–H groups in total. The summed E-state index contributed by atoms with van der Waals surface area (Å²) in [5.74, 6) is -0.278. The molecule has 28 heavy (non-hydrogen) atoms. The lowest BCUT2D eigenvalue weighted by Crippen LogP contribution is -2.38. The molecule has 1 fully saturated rings. The van der Waals surface area contributed by atoms with Gasteiger partial charge in [-0.3, -0.25) is 4.79 Å². The normalized spacial score (nSPS) is 14.6. The van der Waals surface area contributed by atoms with Gasteiger partial charge in [-0.2, -0.15) is 5.10 Å². The summed E-state index contributed by atoms with van der Waals surface area (Å²) < 4.78 is 0. The molecule has 0 atom stereocenters. The van der Waals surface area contributed by atoms with Gasteiger partial charge in [-0.1, -0.05) is 43.0 Å². The molecule has 1 aliphatic carbocycles. The second-order valence-corrected chi connectivity index (χ2v) is 7.61. The van der Waals surface area contributed by atoms with Crippen molar-refractivity contribution in [3.05, 3.63) is 64.7 Å². The Labute approximate surface area is 175 Å². The molecule has 0 heterocycles. The summed E-state index contributed by atoms with van der Waals surface area (Å²) in [6.07, 6.45) is 7.72. The van der Waals surface area contributed by atoms with Crippen molar-refractivity contribution in [2.45, 2.75) is 38.1 Å². The molecular formula is C21H23ClN4OS. The van der Waals surface area contributed by atoms with E-state index in [-0.39, 0.29) is 5.91 Å². The Morgan fingerprint density at radius 3 is 2.39 bits per heavy atom. The van der Waals surface area contributed by atoms with Crippen molar-refractivity contribution in [2.75, 3.05) is 5.32 Å². The standard InChI is InChI=1S/C21H23ClN4OS/c22-17-10-6-15(7-11-17)14-23-26-20(27)16-8-12-19(13-9-16)25-21(28)24-18-4-2-1-3-5-18/h6-14,18H,1-5H2,(H,26,27)(H2,24,25,28)/b23-14+. The van der Waals surface area contributed by atoms with Gasteiger partial charge in [-0.05, 0) is 67.0 Å². The van der Waals surface area contributed by atoms with E-state index in [1.54, 1.807) is 30.5 Å². The third kappa shape index (κ3) is 6.32. The van der Waals surface area contributed by atoms with Gasteiger partial charge in [0.1, 0.15) is 0 Å². The molecule has 1 amide bonds. The van der Waals surface area contributed by atoms with Crippen LogP contribution < -0.4 is 16.1 Å². The topological polar surface area (TPSA) is 65.5 Å². The summed E-state index contributed by atoms with van der Waals surface area (Å²) in [5.41, 5.74) is 4.73. The van der Waals surface area contributed by atoms with Crippen molar-refractivity contribution in [3.63, 3.8) is 0 Å². The number of hydrazone groups is 1. The molecular weight excluding hydrogens is 392 g/mol. The third-order valence-corrected chi connectivity index (χ3v) is 5.07. The lowest BCUT2D eigenvalue weighted by molar-refractivity contribution is 0.0955. The first-order valence-corrected chi connectivity index (χ1v) is 10.2. The van der Waals surface area contributed by atoms with Gasteiger partial charge >= 0.3 is 0 Å². The highest BCUT2D eigenvalue weighted by molar-refractivity contribution is 7.80. The van der Waals surface area contributed by atoms with Crippen LogP contribution in [0.2, 0.25) is 5.02 Å². The van der Waals surface area contributed by atoms with Crippen LogP contribution in [0.4, 0.5) is 5.69 Å². The predicted octanol–water partition coefficient (Wildman–Crippen LogP) is 4.72. The van der Waals surface area contributed by atoms with Crippen LogP contribution in [0, 0.1) is 0 Å². The molecule has 0 aliphatic heterocycles. The molecule has 0 bridgehead atoms. The molecule has 0 spiro atoms. The quantitative estimate of drug-likeness (QED) is 0.376. The van der Waals surface area contributed by atoms with Crippen molar-refractivity contribution in [3.8, 4) is 0 Å². The maximum absolute atomic E-state index is 12.2. The minimum Gasteiger partial charge on any atom is -0.360 e. The Hall–Kier alpha value is -2.44. The van der Waals surface area contributed by atoms with Gasteiger partial charge in [0.25, 0.3) is 5.91 Å². The summed E-state index contributed by atoms with van der Waals surface area (Å²) in [7, 11) is 0. The third-order valence-electron chi connectivity index (χ3n) is 4.60. The minimum absolute atomic E-state index is 0.278. The van der Waals surface area contributed by atoms with E-state index in [9.17, 15) is 4.79 Å². The summed E-state index contributed by atoms with van der Waals surface area (Å²) in [5, 5.41) is 11.8. The van der Waals surface area contributed by atoms with E-state index < -0.39 is 0 Å². The van der Waals surface area contributed by atoms with Crippen LogP contribution in [0.1, 0.15) is 48.0 Å². The van der Waals surface area contributed by atoms with Crippen molar-refractivity contribution in [1.82, 2.24) is 10.7 Å². The van der Waals surface area contributed by atoms with E-state index in [1.165, 1.54) is 19.3 Å². The van der Waals surface area contributed by atoms with Crippen molar-refractivity contribution in [2.24, 2.45) is 5.10 Å². The number of carbonyl (C=O) groups is 1. The Morgan fingerprint density at radius 2 is 1.71 bits per heavy atom. The number of carbonyl (C=O) groups excluding carboxylic acids is 1. The Balaban J connectivity index is 1.48. The summed E-state index contributed by atoms with van der Waals surface area (Å²) in [4.78, 5) is 12.2. The van der Waals surface area contributed by atoms with Crippen molar-refractivity contribution < 1.29 is 4.79 Å². The molecule has 2 aromatic rings. The maximum Gasteiger partial charge on any atom is 0.271 e. The molecule has 3 rings (SSSR count). The minimum atomic E-state index is -0.278. The first-order valence-electron chi connectivity index (χ1n) is 9.37. The molecule has 1 aliphatic rings. The number of thiocarbonyl (C=S) groups is 1. The van der Waals surface area contributed by atoms with Crippen LogP contribution in [0.3, 0.4) is 0 Å². The Bertz CT molecular complexity index is 830. The molecule has 5 nitrogen and oxygen atoms in total. The van der Waals surface area contributed by atoms with E-state index in [4.69, 9.17) is 23.8 Å². The van der Waals surface area contributed by atoms with E-state index in [1.807, 2.05) is 24.3 Å². The highest BCUT2D eigenvalue weighted by Gasteiger charge is 2.14. The molecule has 146 valence electrons. The zero-order valence-corrected chi connectivity index (χ0v) is 17.0. The van der Waals surface area contributed by atoms with Crippen LogP contribution in [-0.2, 0) is 0 Å². The van der Waals surface area contributed by atoms with Gasteiger partial charge in [-0.25, -0.2) is 5.43 Å². The van der Waals surface area contributed by atoms with Crippen LogP contribution >= 0.6 is 23.8 Å². The van der Waals surface area contributed by atoms with Gasteiger partial charge in [-0.15, -0.1) is 0 Å². The zero-order chi connectivity index (χ0) is 19.8. The van der Waals surface area contributed by atoms with Gasteiger partial charge in [0.2, 0.25) is 0 Å². The van der Waals surface area contributed by atoms with Gasteiger partial charge in [0.15, 0.2) is 5.11 Å². The predicted molar refractivity (Wildman–Crippen MR) is 119 cm³/mol. The summed E-state index contributed by atoms with van der Waals surface area (Å²) >= 11 is 11.2. The van der Waals surface area contributed by atoms with Gasteiger partial charge < -0.3 is 10.6 Å². The van der Waals surface area contributed by atoms with Gasteiger partial charge in [0.05, 0.1) is 6.21 Å². The lowest BCUT2D eigenvalue weighted by Gasteiger charge is -2.24. The van der Waals surface area contributed by atoms with E-state index in [0.29, 0.717) is 21.7 Å². The second-order valence-electron chi connectivity index (χ2n) is 6.76. The fraction of sp³-hybridized carbons (Fsp3) is 0.286.